The predicted molar refractivity (Wildman–Crippen MR) is 86.3 cm³/mol. The second kappa shape index (κ2) is 7.93. The largest absolute Gasteiger partial charge is 0.314 e. The molecule has 4 heteroatoms. The fourth-order valence-electron chi connectivity index (χ4n) is 2.62. The fraction of sp³-hybridized carbons (Fsp3) is 0.529. The Bertz CT molecular complexity index is 533. The summed E-state index contributed by atoms with van der Waals surface area (Å²) in [6.07, 6.45) is 5.98. The molecule has 4 nitrogen and oxygen atoms in total. The van der Waals surface area contributed by atoms with Gasteiger partial charge in [0.25, 0.3) is 0 Å². The van der Waals surface area contributed by atoms with Crippen LogP contribution in [0.15, 0.2) is 30.5 Å². The molecule has 2 aromatic rings. The van der Waals surface area contributed by atoms with E-state index >= 15 is 0 Å². The van der Waals surface area contributed by atoms with Gasteiger partial charge in [0.1, 0.15) is 0 Å². The molecule has 2 aromatic heterocycles. The van der Waals surface area contributed by atoms with Gasteiger partial charge in [-0.25, -0.2) is 0 Å². The number of nitrogens with one attached hydrogen (secondary N) is 1. The van der Waals surface area contributed by atoms with Crippen molar-refractivity contribution >= 4 is 0 Å². The van der Waals surface area contributed by atoms with E-state index in [1.54, 1.807) is 0 Å². The number of pyridine rings is 1. The third-order valence-corrected chi connectivity index (χ3v) is 3.81. The predicted octanol–water partition coefficient (Wildman–Crippen LogP) is 2.53. The Morgan fingerprint density at radius 2 is 2.10 bits per heavy atom. The van der Waals surface area contributed by atoms with Crippen LogP contribution in [-0.2, 0) is 26.3 Å². The molecule has 0 aliphatic heterocycles. The number of hydrogen-bond donors (Lipinski definition) is 1. The molecule has 2 heterocycles. The van der Waals surface area contributed by atoms with E-state index < -0.39 is 0 Å². The molecule has 0 amide bonds. The van der Waals surface area contributed by atoms with E-state index in [0.29, 0.717) is 6.04 Å². The number of hydrogen-bond acceptors (Lipinski definition) is 3. The Morgan fingerprint density at radius 3 is 2.71 bits per heavy atom. The number of aryl methyl sites for hydroxylation is 3. The molecule has 0 aliphatic carbocycles. The molecule has 0 saturated heterocycles. The molecule has 0 bridgehead atoms. The number of likely N-dealkylation sites (N-methyl/N-ethyl adjacent to an activating group) is 1. The van der Waals surface area contributed by atoms with E-state index in [-0.39, 0.29) is 0 Å². The van der Waals surface area contributed by atoms with Gasteiger partial charge < -0.3 is 5.32 Å². The molecule has 1 unspecified atom stereocenters. The summed E-state index contributed by atoms with van der Waals surface area (Å²) in [5.41, 5.74) is 3.64. The minimum Gasteiger partial charge on any atom is -0.314 e. The lowest BCUT2D eigenvalue weighted by molar-refractivity contribution is 0.475. The van der Waals surface area contributed by atoms with Crippen LogP contribution in [0.3, 0.4) is 0 Å². The quantitative estimate of drug-likeness (QED) is 0.811. The second-order valence-corrected chi connectivity index (χ2v) is 5.42. The van der Waals surface area contributed by atoms with Gasteiger partial charge in [-0.3, -0.25) is 9.67 Å². The Hall–Kier alpha value is -1.68. The molecule has 1 N–H and O–H groups in total. The maximum atomic E-state index is 4.54. The van der Waals surface area contributed by atoms with E-state index in [0.717, 1.165) is 32.2 Å². The van der Waals surface area contributed by atoms with Gasteiger partial charge in [0, 0.05) is 37.1 Å². The van der Waals surface area contributed by atoms with Crippen molar-refractivity contribution in [1.29, 1.82) is 0 Å². The van der Waals surface area contributed by atoms with Crippen LogP contribution >= 0.6 is 0 Å². The first kappa shape index (κ1) is 15.7. The van der Waals surface area contributed by atoms with E-state index in [4.69, 9.17) is 0 Å². The van der Waals surface area contributed by atoms with Crippen LogP contribution < -0.4 is 5.32 Å². The molecule has 114 valence electrons. The third-order valence-electron chi connectivity index (χ3n) is 3.81. The van der Waals surface area contributed by atoms with Crippen LogP contribution in [0.5, 0.6) is 0 Å². The van der Waals surface area contributed by atoms with Crippen LogP contribution in [0.2, 0.25) is 0 Å². The van der Waals surface area contributed by atoms with Crippen LogP contribution in [0, 0.1) is 0 Å². The topological polar surface area (TPSA) is 42.7 Å². The van der Waals surface area contributed by atoms with Crippen molar-refractivity contribution in [2.45, 2.75) is 45.6 Å². The zero-order chi connectivity index (χ0) is 15.1. The zero-order valence-electron chi connectivity index (χ0n) is 13.3. The van der Waals surface area contributed by atoms with Gasteiger partial charge in [-0.2, -0.15) is 5.10 Å². The summed E-state index contributed by atoms with van der Waals surface area (Å²) in [6, 6.07) is 8.82. The normalized spacial score (nSPS) is 12.5. The van der Waals surface area contributed by atoms with Gasteiger partial charge in [-0.15, -0.1) is 0 Å². The maximum Gasteiger partial charge on any atom is 0.0624 e. The Kier molecular flexibility index (Phi) is 5.93. The van der Waals surface area contributed by atoms with Crippen molar-refractivity contribution in [2.75, 3.05) is 6.54 Å². The lowest BCUT2D eigenvalue weighted by Crippen LogP contribution is -2.32. The van der Waals surface area contributed by atoms with Gasteiger partial charge in [-0.05, 0) is 44.0 Å². The van der Waals surface area contributed by atoms with Gasteiger partial charge in [-0.1, -0.05) is 19.9 Å². The minimum absolute atomic E-state index is 0.470. The maximum absolute atomic E-state index is 4.54. The highest BCUT2D eigenvalue weighted by atomic mass is 15.3. The highest BCUT2D eigenvalue weighted by Gasteiger charge is 2.12. The zero-order valence-corrected chi connectivity index (χ0v) is 13.3. The molecule has 0 fully saturated rings. The van der Waals surface area contributed by atoms with Crippen molar-refractivity contribution in [3.05, 3.63) is 47.5 Å². The van der Waals surface area contributed by atoms with Crippen molar-refractivity contribution in [3.63, 3.8) is 0 Å². The van der Waals surface area contributed by atoms with Crippen LogP contribution in [0.25, 0.3) is 0 Å². The molecule has 0 radical (unpaired) electrons. The van der Waals surface area contributed by atoms with Gasteiger partial charge >= 0.3 is 0 Å². The Labute approximate surface area is 127 Å². The Balaban J connectivity index is 1.96. The lowest BCUT2D eigenvalue weighted by atomic mass is 10.0. The average molecular weight is 286 g/mol. The van der Waals surface area contributed by atoms with Crippen molar-refractivity contribution in [2.24, 2.45) is 7.05 Å². The van der Waals surface area contributed by atoms with Gasteiger partial charge in [0.05, 0.1) is 5.69 Å². The molecule has 1 atom stereocenters. The lowest BCUT2D eigenvalue weighted by Gasteiger charge is -2.17. The van der Waals surface area contributed by atoms with Gasteiger partial charge in [0.2, 0.25) is 0 Å². The standard InChI is InChI=1S/C17H26N4/c1-4-14-12-17(21(3)20-14)13-16(18-5-2)10-9-15-8-6-7-11-19-15/h6-8,11-12,16,18H,4-5,9-10,13H2,1-3H3. The van der Waals surface area contributed by atoms with E-state index in [2.05, 4.69) is 47.4 Å². The molecule has 0 aromatic carbocycles. The first-order valence-corrected chi connectivity index (χ1v) is 7.88. The highest BCUT2D eigenvalue weighted by molar-refractivity contribution is 5.12. The summed E-state index contributed by atoms with van der Waals surface area (Å²) in [4.78, 5) is 4.41. The smallest absolute Gasteiger partial charge is 0.0624 e. The summed E-state index contributed by atoms with van der Waals surface area (Å²) >= 11 is 0. The molecule has 21 heavy (non-hydrogen) atoms. The molecular weight excluding hydrogens is 260 g/mol. The van der Waals surface area contributed by atoms with Crippen molar-refractivity contribution < 1.29 is 0 Å². The van der Waals surface area contributed by atoms with Crippen LogP contribution in [-0.4, -0.2) is 27.4 Å². The number of nitrogens with zero attached hydrogens (tertiary/aromatic N) is 3. The number of rotatable bonds is 8. The van der Waals surface area contributed by atoms with Crippen LogP contribution in [0.4, 0.5) is 0 Å². The van der Waals surface area contributed by atoms with Gasteiger partial charge in [0.15, 0.2) is 0 Å². The molecule has 0 saturated carbocycles. The molecule has 0 spiro atoms. The summed E-state index contributed by atoms with van der Waals surface area (Å²) in [6.45, 7) is 5.30. The molecular formula is C17H26N4. The molecule has 0 aliphatic rings. The third kappa shape index (κ3) is 4.67. The summed E-state index contributed by atoms with van der Waals surface area (Å²) in [5.74, 6) is 0. The molecule has 2 rings (SSSR count). The number of aromatic nitrogens is 3. The first-order valence-electron chi connectivity index (χ1n) is 7.88. The van der Waals surface area contributed by atoms with E-state index in [1.165, 1.54) is 17.1 Å². The second-order valence-electron chi connectivity index (χ2n) is 5.42. The highest BCUT2D eigenvalue weighted by Crippen LogP contribution is 2.11. The average Bonchev–Trinajstić information content (AvgIpc) is 2.86. The summed E-state index contributed by atoms with van der Waals surface area (Å²) < 4.78 is 2.02. The summed E-state index contributed by atoms with van der Waals surface area (Å²) in [7, 11) is 2.04. The van der Waals surface area contributed by atoms with Crippen molar-refractivity contribution in [3.8, 4) is 0 Å². The minimum atomic E-state index is 0.470. The van der Waals surface area contributed by atoms with Crippen LogP contribution in [0.1, 0.15) is 37.4 Å². The SMILES string of the molecule is CCNC(CCc1ccccn1)Cc1cc(CC)nn1C. The van der Waals surface area contributed by atoms with E-state index in [1.807, 2.05) is 24.0 Å². The Morgan fingerprint density at radius 1 is 1.24 bits per heavy atom. The fourth-order valence-corrected chi connectivity index (χ4v) is 2.62. The van der Waals surface area contributed by atoms with Crippen molar-refractivity contribution in [1.82, 2.24) is 20.1 Å². The first-order chi connectivity index (χ1) is 10.2. The van der Waals surface area contributed by atoms with E-state index in [9.17, 15) is 0 Å². The monoisotopic (exact) mass is 286 g/mol. The summed E-state index contributed by atoms with van der Waals surface area (Å²) in [5, 5.41) is 8.12.